The quantitative estimate of drug-likeness (QED) is 0.221. The van der Waals surface area contributed by atoms with E-state index in [0.717, 1.165) is 26.4 Å². The number of sulfonamides is 2. The Morgan fingerprint density at radius 3 is 1.63 bits per heavy atom. The number of hydrogen-bond donors (Lipinski definition) is 2. The predicted octanol–water partition coefficient (Wildman–Crippen LogP) is 4.55. The Labute approximate surface area is 378 Å². The molecule has 4 aromatic heterocycles. The van der Waals surface area contributed by atoms with E-state index >= 15 is 0 Å². The molecule has 6 rings (SSSR count). The summed E-state index contributed by atoms with van der Waals surface area (Å²) in [7, 11) is -0.712. The highest BCUT2D eigenvalue weighted by molar-refractivity contribution is 14.1. The smallest absolute Gasteiger partial charge is 0.410 e. The fourth-order valence-electron chi connectivity index (χ4n) is 5.82. The number of halogens is 3. The number of fused-ring (bicyclic) bond motifs is 2. The minimum absolute atomic E-state index is 0. The minimum Gasteiger partial charge on any atom is -0.444 e. The number of imidazole rings is 2. The lowest BCUT2D eigenvalue weighted by Crippen LogP contribution is -2.49. The zero-order valence-electron chi connectivity index (χ0n) is 32.2. The van der Waals surface area contributed by atoms with Crippen molar-refractivity contribution in [1.29, 1.82) is 0 Å². The third-order valence-electron chi connectivity index (χ3n) is 9.38. The molecule has 0 spiro atoms. The van der Waals surface area contributed by atoms with E-state index in [4.69, 9.17) is 4.74 Å². The van der Waals surface area contributed by atoms with Crippen LogP contribution in [0.1, 0.15) is 53.9 Å². The van der Waals surface area contributed by atoms with E-state index < -0.39 is 42.6 Å². The van der Waals surface area contributed by atoms with Gasteiger partial charge in [-0.3, -0.25) is 0 Å². The van der Waals surface area contributed by atoms with Crippen LogP contribution in [0, 0.1) is 18.2 Å². The summed E-state index contributed by atoms with van der Waals surface area (Å²) >= 11 is 10.7. The van der Waals surface area contributed by atoms with E-state index in [9.17, 15) is 31.8 Å². The molecule has 2 aliphatic heterocycles. The maximum Gasteiger partial charge on any atom is 0.410 e. The summed E-state index contributed by atoms with van der Waals surface area (Å²) in [6, 6.07) is 0. The number of piperidine rings is 2. The van der Waals surface area contributed by atoms with Crippen LogP contribution in [0.3, 0.4) is 0 Å². The molecule has 2 N–H and O–H groups in total. The summed E-state index contributed by atoms with van der Waals surface area (Å²) in [5.41, 5.74) is -1.83. The first-order valence-corrected chi connectivity index (χ1v) is 25.2. The summed E-state index contributed by atoms with van der Waals surface area (Å²) in [6.07, 6.45) is 5.31. The number of aliphatic hydroxyl groups excluding tert-OH is 2. The number of aliphatic hydroxyl groups is 2. The van der Waals surface area contributed by atoms with Crippen molar-refractivity contribution >= 4 is 125 Å². The fraction of sp³-hybridized carbons (Fsp3) is 0.719. The Bertz CT molecular complexity index is 2150. The normalized spacial score (nSPS) is 17.2. The molecule has 4 aromatic rings. The van der Waals surface area contributed by atoms with Crippen molar-refractivity contribution in [1.82, 2.24) is 42.7 Å². The molecule has 57 heavy (non-hydrogen) atoms. The summed E-state index contributed by atoms with van der Waals surface area (Å²) < 4.78 is 62.8. The van der Waals surface area contributed by atoms with Gasteiger partial charge in [0, 0.05) is 78.4 Å². The first-order chi connectivity index (χ1) is 25.9. The van der Waals surface area contributed by atoms with E-state index in [0.29, 0.717) is 51.9 Å². The fourth-order valence-corrected chi connectivity index (χ4v) is 12.0. The van der Waals surface area contributed by atoms with Gasteiger partial charge in [-0.05, 0) is 108 Å². The van der Waals surface area contributed by atoms with E-state index in [-0.39, 0.29) is 32.1 Å². The van der Waals surface area contributed by atoms with Crippen molar-refractivity contribution in [3.05, 3.63) is 23.7 Å². The molecular weight excluding hydrogens is 1110 g/mol. The van der Waals surface area contributed by atoms with Gasteiger partial charge in [-0.2, -0.15) is 9.03 Å². The van der Waals surface area contributed by atoms with Crippen molar-refractivity contribution < 1.29 is 36.6 Å². The lowest BCUT2D eigenvalue weighted by Gasteiger charge is -2.41. The number of ether oxygens (including phenoxy) is 1. The van der Waals surface area contributed by atoms with Crippen LogP contribution < -0.4 is 4.90 Å². The maximum atomic E-state index is 12.2. The van der Waals surface area contributed by atoms with Crippen molar-refractivity contribution in [3.8, 4) is 0 Å². The number of anilines is 1. The molecule has 0 aliphatic carbocycles. The predicted molar refractivity (Wildman–Crippen MR) is 244 cm³/mol. The Balaban J connectivity index is 0.000000243. The van der Waals surface area contributed by atoms with Crippen molar-refractivity contribution in [3.63, 3.8) is 0 Å². The largest absolute Gasteiger partial charge is 0.444 e. The van der Waals surface area contributed by atoms with E-state index in [1.54, 1.807) is 42.6 Å². The summed E-state index contributed by atoms with van der Waals surface area (Å²) in [5, 5.41) is 29.1. The molecule has 25 heteroatoms. The van der Waals surface area contributed by atoms with Crippen LogP contribution in [0.4, 0.5) is 9.93 Å². The van der Waals surface area contributed by atoms with Crippen molar-refractivity contribution in [2.45, 2.75) is 59.5 Å². The van der Waals surface area contributed by atoms with Gasteiger partial charge in [0.15, 0.2) is 3.92 Å². The third kappa shape index (κ3) is 13.2. The first kappa shape index (κ1) is 50.3. The second-order valence-corrected chi connectivity index (χ2v) is 24.9. The maximum absolute atomic E-state index is 12.2. The van der Waals surface area contributed by atoms with Crippen molar-refractivity contribution in [2.24, 2.45) is 10.8 Å². The number of likely N-dealkylation sites (tertiary alicyclic amines) is 1. The highest BCUT2D eigenvalue weighted by Crippen LogP contribution is 2.37. The zero-order valence-corrected chi connectivity index (χ0v) is 41.4. The third-order valence-corrected chi connectivity index (χ3v) is 17.4. The number of amides is 1. The van der Waals surface area contributed by atoms with Crippen LogP contribution in [0.5, 0.6) is 0 Å². The van der Waals surface area contributed by atoms with Crippen LogP contribution in [-0.2, 0) is 24.8 Å². The molecule has 0 radical (unpaired) electrons. The van der Waals surface area contributed by atoms with Gasteiger partial charge in [-0.1, -0.05) is 30.1 Å². The minimum atomic E-state index is -3.40. The Morgan fingerprint density at radius 2 is 1.25 bits per heavy atom. The number of carbonyl (C=O) groups excluding carboxylic acids is 1. The second kappa shape index (κ2) is 20.2. The van der Waals surface area contributed by atoms with Crippen LogP contribution in [0.25, 0.3) is 9.92 Å². The number of carbonyl (C=O) groups is 1. The van der Waals surface area contributed by atoms with Gasteiger partial charge < -0.3 is 24.7 Å². The average molecular weight is 1170 g/mol. The van der Waals surface area contributed by atoms with E-state index in [1.807, 2.05) is 4.52 Å². The Hall–Kier alpha value is -1.05. The number of rotatable bonds is 9. The van der Waals surface area contributed by atoms with E-state index in [1.165, 1.54) is 59.5 Å². The number of hydrogen-bond acceptors (Lipinski definition) is 15. The molecule has 18 nitrogen and oxygen atoms in total. The first-order valence-electron chi connectivity index (χ1n) is 17.3. The molecule has 0 unspecified atom stereocenters. The Kier molecular flexibility index (Phi) is 17.8. The molecule has 324 valence electrons. The second-order valence-electron chi connectivity index (χ2n) is 15.1. The molecule has 6 heterocycles. The van der Waals surface area contributed by atoms with E-state index in [2.05, 4.69) is 86.2 Å². The highest BCUT2D eigenvalue weighted by Gasteiger charge is 2.41. The van der Waals surface area contributed by atoms with Crippen molar-refractivity contribution in [2.75, 3.05) is 84.0 Å². The summed E-state index contributed by atoms with van der Waals surface area (Å²) in [4.78, 5) is 25.9. The number of nitrogens with zero attached hydrogens (tertiary/aromatic N) is 10. The average Bonchev–Trinajstić information content (AvgIpc) is 3.88. The van der Waals surface area contributed by atoms with Gasteiger partial charge in [-0.15, -0.1) is 10.2 Å². The zero-order chi connectivity index (χ0) is 41.9. The monoisotopic (exact) mass is 1170 g/mol. The van der Waals surface area contributed by atoms with Crippen LogP contribution >= 0.6 is 83.8 Å². The Morgan fingerprint density at radius 1 is 0.825 bits per heavy atom. The van der Waals surface area contributed by atoms with Crippen LogP contribution in [0.2, 0.25) is 0 Å². The van der Waals surface area contributed by atoms with Crippen LogP contribution in [-0.4, -0.2) is 161 Å². The molecule has 0 saturated carbocycles. The van der Waals surface area contributed by atoms with Gasteiger partial charge in [0.1, 0.15) is 13.0 Å². The standard InChI is InChI=1S/C14H28N2O5S.C13H20IN5O3S2.C4HBrIN3S.CH4/c1-13(2,3)21-12(18)16-8-6-14(10-17,7-9-16)11-22(19,20)15(4)5;1-17(2)24(21,22)9-13(8-20)3-5-18(6-4-13)12-16-19-10(14)7-15-11(19)23-12;5-3-8-9-2(6)1-7-4(9)10-3;/h17H,6-11H2,1-5H3;7,20H,3-6,8-9H2,1-2H3;1H;1H4. The molecule has 0 bridgehead atoms. The topological polar surface area (TPSA) is 208 Å². The van der Waals surface area contributed by atoms with Gasteiger partial charge in [0.05, 0.1) is 23.9 Å². The molecular formula is C32H53BrI2N10O8S4. The molecule has 2 saturated heterocycles. The van der Waals surface area contributed by atoms with Crippen LogP contribution in [0.15, 0.2) is 16.3 Å². The molecule has 2 aliphatic rings. The van der Waals surface area contributed by atoms with Gasteiger partial charge >= 0.3 is 6.09 Å². The molecule has 2 fully saturated rings. The summed E-state index contributed by atoms with van der Waals surface area (Å²) in [6.45, 7) is 7.21. The lowest BCUT2D eigenvalue weighted by molar-refractivity contribution is 0.00441. The number of aromatic nitrogens is 6. The highest BCUT2D eigenvalue weighted by atomic mass is 127. The molecule has 1 amide bonds. The SMILES string of the molecule is Brc1nn2c(I)cnc2s1.C.CN(C)S(=O)(=O)CC1(CO)CCN(C(=O)OC(C)(C)C)CC1.CN(C)S(=O)(=O)CC1(CO)CCN(c2nn3c(I)cnc3s2)CC1. The van der Waals surface area contributed by atoms with Gasteiger partial charge in [0.2, 0.25) is 35.1 Å². The molecule has 0 atom stereocenters. The van der Waals surface area contributed by atoms with Gasteiger partial charge in [0.25, 0.3) is 0 Å². The van der Waals surface area contributed by atoms with Gasteiger partial charge in [-0.25, -0.2) is 40.2 Å². The summed E-state index contributed by atoms with van der Waals surface area (Å²) in [5.74, 6) is -0.123. The molecule has 0 aromatic carbocycles. The lowest BCUT2D eigenvalue weighted by atomic mass is 9.81.